The molecular weight excluding hydrogens is 292 g/mol. The highest BCUT2D eigenvalue weighted by Gasteiger charge is 2.28. The Morgan fingerprint density at radius 3 is 2.52 bits per heavy atom. The number of alkyl halides is 3. The molecule has 118 valence electrons. The highest BCUT2D eigenvalue weighted by molar-refractivity contribution is 5.96. The predicted molar refractivity (Wildman–Crippen MR) is 70.7 cm³/mol. The second-order valence-corrected chi connectivity index (χ2v) is 4.40. The molecule has 0 aliphatic carbocycles. The Bertz CT molecular complexity index is 518. The number of esters is 1. The maximum Gasteiger partial charge on any atom is 0.390 e. The number of hydrogen-bond donors (Lipinski definition) is 1. The molecule has 0 saturated heterocycles. The van der Waals surface area contributed by atoms with Crippen LogP contribution >= 0.6 is 0 Å². The summed E-state index contributed by atoms with van der Waals surface area (Å²) >= 11 is 0. The summed E-state index contributed by atoms with van der Waals surface area (Å²) in [5.74, 6) is -1.55. The summed E-state index contributed by atoms with van der Waals surface area (Å²) in [6, 6.07) is 1.99. The summed E-state index contributed by atoms with van der Waals surface area (Å²) in [7, 11) is 1.30. The highest BCUT2D eigenvalue weighted by Crippen LogP contribution is 2.27. The van der Waals surface area contributed by atoms with Gasteiger partial charge in [-0.2, -0.15) is 13.2 Å². The van der Waals surface area contributed by atoms with Crippen LogP contribution in [-0.2, 0) is 4.74 Å². The van der Waals surface area contributed by atoms with Gasteiger partial charge in [-0.25, -0.2) is 9.18 Å². The summed E-state index contributed by atoms with van der Waals surface area (Å²) < 4.78 is 55.1. The SMILES string of the molecule is CCOC(=O)c1cc(N(C)CCC(F)(F)F)c(F)cc1N. The lowest BCUT2D eigenvalue weighted by Crippen LogP contribution is -2.25. The number of anilines is 2. The van der Waals surface area contributed by atoms with Crippen molar-refractivity contribution < 1.29 is 27.1 Å². The van der Waals surface area contributed by atoms with E-state index in [2.05, 4.69) is 0 Å². The van der Waals surface area contributed by atoms with E-state index in [-0.39, 0.29) is 23.5 Å². The van der Waals surface area contributed by atoms with Gasteiger partial charge >= 0.3 is 12.1 Å². The van der Waals surface area contributed by atoms with Crippen molar-refractivity contribution in [2.24, 2.45) is 0 Å². The van der Waals surface area contributed by atoms with Crippen molar-refractivity contribution in [3.8, 4) is 0 Å². The molecule has 0 atom stereocenters. The Morgan fingerprint density at radius 1 is 1.38 bits per heavy atom. The van der Waals surface area contributed by atoms with E-state index in [1.54, 1.807) is 6.92 Å². The molecule has 0 aliphatic rings. The van der Waals surface area contributed by atoms with Crippen LogP contribution in [0.1, 0.15) is 23.7 Å². The van der Waals surface area contributed by atoms with Crippen LogP contribution in [-0.4, -0.2) is 32.3 Å². The van der Waals surface area contributed by atoms with E-state index in [0.29, 0.717) is 0 Å². The van der Waals surface area contributed by atoms with E-state index in [1.807, 2.05) is 0 Å². The zero-order valence-corrected chi connectivity index (χ0v) is 11.6. The van der Waals surface area contributed by atoms with Crippen molar-refractivity contribution in [1.82, 2.24) is 0 Å². The number of rotatable bonds is 5. The Hall–Kier alpha value is -1.99. The first kappa shape index (κ1) is 17.1. The quantitative estimate of drug-likeness (QED) is 0.516. The third kappa shape index (κ3) is 4.80. The van der Waals surface area contributed by atoms with Gasteiger partial charge in [-0.1, -0.05) is 0 Å². The van der Waals surface area contributed by atoms with Gasteiger partial charge in [-0.05, 0) is 19.1 Å². The molecule has 2 N–H and O–H groups in total. The van der Waals surface area contributed by atoms with Crippen LogP contribution in [0.2, 0.25) is 0 Å². The minimum Gasteiger partial charge on any atom is -0.462 e. The molecule has 0 fully saturated rings. The number of hydrogen-bond acceptors (Lipinski definition) is 4. The molecule has 0 amide bonds. The summed E-state index contributed by atoms with van der Waals surface area (Å²) in [4.78, 5) is 12.7. The van der Waals surface area contributed by atoms with Crippen molar-refractivity contribution in [2.75, 3.05) is 30.8 Å². The minimum absolute atomic E-state index is 0.0768. The van der Waals surface area contributed by atoms with E-state index in [9.17, 15) is 22.4 Å². The van der Waals surface area contributed by atoms with Crippen LogP contribution in [0, 0.1) is 5.82 Å². The number of carbonyl (C=O) groups is 1. The van der Waals surface area contributed by atoms with Crippen LogP contribution < -0.4 is 10.6 Å². The fourth-order valence-corrected chi connectivity index (χ4v) is 1.67. The van der Waals surface area contributed by atoms with Crippen molar-refractivity contribution >= 4 is 17.3 Å². The highest BCUT2D eigenvalue weighted by atomic mass is 19.4. The van der Waals surface area contributed by atoms with E-state index in [0.717, 1.165) is 17.0 Å². The molecule has 8 heteroatoms. The topological polar surface area (TPSA) is 55.6 Å². The lowest BCUT2D eigenvalue weighted by molar-refractivity contribution is -0.132. The Labute approximate surface area is 119 Å². The molecule has 0 aromatic heterocycles. The van der Waals surface area contributed by atoms with Crippen LogP contribution in [0.4, 0.5) is 28.9 Å². The second-order valence-electron chi connectivity index (χ2n) is 4.40. The number of halogens is 4. The predicted octanol–water partition coefficient (Wildman–Crippen LogP) is 2.97. The van der Waals surface area contributed by atoms with Gasteiger partial charge in [-0.15, -0.1) is 0 Å². The van der Waals surface area contributed by atoms with Gasteiger partial charge in [0.25, 0.3) is 0 Å². The molecule has 0 bridgehead atoms. The molecule has 0 saturated carbocycles. The van der Waals surface area contributed by atoms with Gasteiger partial charge < -0.3 is 15.4 Å². The maximum absolute atomic E-state index is 13.8. The third-order valence-corrected chi connectivity index (χ3v) is 2.76. The van der Waals surface area contributed by atoms with Crippen LogP contribution in [0.25, 0.3) is 0 Å². The third-order valence-electron chi connectivity index (χ3n) is 2.76. The maximum atomic E-state index is 13.8. The van der Waals surface area contributed by atoms with Gasteiger partial charge in [0.05, 0.1) is 24.3 Å². The zero-order chi connectivity index (χ0) is 16.2. The van der Waals surface area contributed by atoms with Crippen molar-refractivity contribution in [3.05, 3.63) is 23.5 Å². The summed E-state index contributed by atoms with van der Waals surface area (Å²) in [5, 5.41) is 0. The Morgan fingerprint density at radius 2 is 2.00 bits per heavy atom. The zero-order valence-electron chi connectivity index (χ0n) is 11.6. The van der Waals surface area contributed by atoms with E-state index in [4.69, 9.17) is 10.5 Å². The minimum atomic E-state index is -4.34. The van der Waals surface area contributed by atoms with E-state index in [1.165, 1.54) is 7.05 Å². The molecule has 0 heterocycles. The molecule has 0 radical (unpaired) electrons. The fraction of sp³-hybridized carbons (Fsp3) is 0.462. The number of benzene rings is 1. The van der Waals surface area contributed by atoms with Crippen LogP contribution in [0.5, 0.6) is 0 Å². The molecule has 21 heavy (non-hydrogen) atoms. The average Bonchev–Trinajstić information content (AvgIpc) is 2.35. The van der Waals surface area contributed by atoms with Gasteiger partial charge in [0.1, 0.15) is 5.82 Å². The Kier molecular flexibility index (Phi) is 5.40. The van der Waals surface area contributed by atoms with Crippen molar-refractivity contribution in [3.63, 3.8) is 0 Å². The summed E-state index contributed by atoms with van der Waals surface area (Å²) in [6.07, 6.45) is -5.44. The number of nitrogens with zero attached hydrogens (tertiary/aromatic N) is 1. The first-order valence-corrected chi connectivity index (χ1v) is 6.19. The van der Waals surface area contributed by atoms with Crippen LogP contribution in [0.3, 0.4) is 0 Å². The standard InChI is InChI=1S/C13H16F4N2O2/c1-3-21-12(20)8-6-11(9(14)7-10(8)18)19(2)5-4-13(15,16)17/h6-7H,3-5,18H2,1-2H3. The lowest BCUT2D eigenvalue weighted by atomic mass is 10.1. The molecule has 1 aromatic rings. The van der Waals surface area contributed by atoms with Gasteiger partial charge in [0, 0.05) is 19.3 Å². The molecule has 1 rings (SSSR count). The lowest BCUT2D eigenvalue weighted by Gasteiger charge is -2.21. The van der Waals surface area contributed by atoms with Gasteiger partial charge in [0.2, 0.25) is 0 Å². The molecular formula is C13H16F4N2O2. The number of carbonyl (C=O) groups excluding carboxylic acids is 1. The molecule has 0 aliphatic heterocycles. The molecule has 0 spiro atoms. The molecule has 4 nitrogen and oxygen atoms in total. The summed E-state index contributed by atoms with van der Waals surface area (Å²) in [6.45, 7) is 1.26. The average molecular weight is 308 g/mol. The Balaban J connectivity index is 3.01. The van der Waals surface area contributed by atoms with Gasteiger partial charge in [0.15, 0.2) is 0 Å². The normalized spacial score (nSPS) is 11.3. The van der Waals surface area contributed by atoms with Crippen molar-refractivity contribution in [1.29, 1.82) is 0 Å². The second kappa shape index (κ2) is 6.64. The fourth-order valence-electron chi connectivity index (χ4n) is 1.67. The molecule has 0 unspecified atom stereocenters. The first-order chi connectivity index (χ1) is 9.65. The number of ether oxygens (including phenoxy) is 1. The smallest absolute Gasteiger partial charge is 0.390 e. The number of nitrogens with two attached hydrogens (primary N) is 1. The van der Waals surface area contributed by atoms with E-state index >= 15 is 0 Å². The molecule has 1 aromatic carbocycles. The monoisotopic (exact) mass is 308 g/mol. The van der Waals surface area contributed by atoms with E-state index < -0.39 is 30.9 Å². The first-order valence-electron chi connectivity index (χ1n) is 6.19. The largest absolute Gasteiger partial charge is 0.462 e. The van der Waals surface area contributed by atoms with Crippen LogP contribution in [0.15, 0.2) is 12.1 Å². The summed E-state index contributed by atoms with van der Waals surface area (Å²) in [5.41, 5.74) is 5.18. The van der Waals surface area contributed by atoms with Gasteiger partial charge in [-0.3, -0.25) is 0 Å². The van der Waals surface area contributed by atoms with Crippen molar-refractivity contribution in [2.45, 2.75) is 19.5 Å². The number of nitrogen functional groups attached to an aromatic ring is 1.